The molecule has 0 bridgehead atoms. The van der Waals surface area contributed by atoms with E-state index in [1.807, 2.05) is 41.9 Å². The van der Waals surface area contributed by atoms with Crippen LogP contribution < -0.4 is 5.32 Å². The van der Waals surface area contributed by atoms with E-state index in [0.29, 0.717) is 18.2 Å². The molecule has 0 saturated heterocycles. The lowest BCUT2D eigenvalue weighted by molar-refractivity contribution is -0.120. The topological polar surface area (TPSA) is 72.7 Å². The van der Waals surface area contributed by atoms with Crippen LogP contribution in [-0.2, 0) is 17.9 Å². The number of hydrogen-bond donors (Lipinski definition) is 1. The highest BCUT2D eigenvalue weighted by Gasteiger charge is 2.18. The van der Waals surface area contributed by atoms with Gasteiger partial charge in [0.25, 0.3) is 0 Å². The number of tetrazole rings is 1. The molecule has 1 amide bonds. The molecule has 0 fully saturated rings. The smallest absolute Gasteiger partial charge is 0.233 e. The number of aromatic nitrogens is 4. The zero-order valence-electron chi connectivity index (χ0n) is 12.4. The number of nitrogens with one attached hydrogen (secondary N) is 1. The van der Waals surface area contributed by atoms with Crippen LogP contribution in [-0.4, -0.2) is 31.4 Å². The monoisotopic (exact) mass is 365 g/mol. The van der Waals surface area contributed by atoms with Gasteiger partial charge in [0.05, 0.1) is 18.3 Å². The molecule has 3 aromatic rings. The third-order valence-electron chi connectivity index (χ3n) is 3.05. The summed E-state index contributed by atoms with van der Waals surface area (Å²) < 4.78 is 1.72. The molecule has 1 atom stereocenters. The van der Waals surface area contributed by atoms with Gasteiger partial charge in [0.2, 0.25) is 11.1 Å². The molecule has 9 heteroatoms. The van der Waals surface area contributed by atoms with Gasteiger partial charge in [-0.25, -0.2) is 4.68 Å². The van der Waals surface area contributed by atoms with Crippen molar-refractivity contribution < 1.29 is 4.79 Å². The lowest BCUT2D eigenvalue weighted by atomic mass is 10.4. The molecular weight excluding hydrogens is 350 g/mol. The summed E-state index contributed by atoms with van der Waals surface area (Å²) in [5.41, 5.74) is 0. The molecule has 0 aliphatic rings. The second-order valence-electron chi connectivity index (χ2n) is 4.76. The van der Waals surface area contributed by atoms with Crippen molar-refractivity contribution in [2.24, 2.45) is 0 Å². The van der Waals surface area contributed by atoms with Crippen LogP contribution in [0.5, 0.6) is 0 Å². The molecule has 6 nitrogen and oxygen atoms in total. The summed E-state index contributed by atoms with van der Waals surface area (Å²) in [5.74, 6) is -0.0194. The molecular formula is C14H15N5OS3. The van der Waals surface area contributed by atoms with Crippen LogP contribution in [0.15, 0.2) is 40.2 Å². The summed E-state index contributed by atoms with van der Waals surface area (Å²) in [6, 6.07) is 8.02. The number of thiophene rings is 2. The van der Waals surface area contributed by atoms with E-state index in [0.717, 1.165) is 4.88 Å². The minimum atomic E-state index is -0.261. The maximum Gasteiger partial charge on any atom is 0.233 e. The summed E-state index contributed by atoms with van der Waals surface area (Å²) in [7, 11) is 0. The van der Waals surface area contributed by atoms with E-state index >= 15 is 0 Å². The predicted molar refractivity (Wildman–Crippen MR) is 92.7 cm³/mol. The fraction of sp³-hybridized carbons (Fsp3) is 0.286. The molecule has 0 aliphatic carbocycles. The summed E-state index contributed by atoms with van der Waals surface area (Å²) in [6.45, 7) is 3.04. The average molecular weight is 366 g/mol. The Hall–Kier alpha value is -1.71. The molecule has 1 N–H and O–H groups in total. The average Bonchev–Trinajstić information content (AvgIpc) is 3.28. The Bertz CT molecular complexity index is 738. The standard InChI is InChI=1S/C14H15N5OS3/c1-10(13(20)15-8-11-4-2-6-21-11)23-14-16-17-18-19(14)9-12-5-3-7-22-12/h2-7,10H,8-9H2,1H3,(H,15,20). The Morgan fingerprint density at radius 3 is 2.74 bits per heavy atom. The van der Waals surface area contributed by atoms with Gasteiger partial charge >= 0.3 is 0 Å². The maximum atomic E-state index is 12.2. The van der Waals surface area contributed by atoms with Crippen molar-refractivity contribution in [2.45, 2.75) is 30.4 Å². The normalized spacial score (nSPS) is 12.2. The van der Waals surface area contributed by atoms with E-state index in [4.69, 9.17) is 0 Å². The first-order valence-corrected chi connectivity index (χ1v) is 9.61. The highest BCUT2D eigenvalue weighted by Crippen LogP contribution is 2.22. The number of thioether (sulfide) groups is 1. The van der Waals surface area contributed by atoms with Crippen molar-refractivity contribution in [3.63, 3.8) is 0 Å². The fourth-order valence-corrected chi connectivity index (χ4v) is 4.02. The maximum absolute atomic E-state index is 12.2. The van der Waals surface area contributed by atoms with E-state index in [1.165, 1.54) is 16.6 Å². The molecule has 0 aliphatic heterocycles. The van der Waals surface area contributed by atoms with Crippen molar-refractivity contribution in [3.8, 4) is 0 Å². The Balaban J connectivity index is 1.56. The number of nitrogens with zero attached hydrogens (tertiary/aromatic N) is 4. The Labute approximate surface area is 145 Å². The van der Waals surface area contributed by atoms with Crippen LogP contribution >= 0.6 is 34.4 Å². The van der Waals surface area contributed by atoms with Crippen molar-refractivity contribution >= 4 is 40.3 Å². The molecule has 3 heterocycles. The number of hydrogen-bond acceptors (Lipinski definition) is 7. The zero-order valence-corrected chi connectivity index (χ0v) is 14.8. The van der Waals surface area contributed by atoms with Gasteiger partial charge in [-0.15, -0.1) is 27.8 Å². The quantitative estimate of drug-likeness (QED) is 0.652. The van der Waals surface area contributed by atoms with E-state index in [2.05, 4.69) is 20.8 Å². The number of rotatable bonds is 7. The third-order valence-corrected chi connectivity index (χ3v) is 5.86. The van der Waals surface area contributed by atoms with Crippen LogP contribution in [0.2, 0.25) is 0 Å². The van der Waals surface area contributed by atoms with E-state index in [-0.39, 0.29) is 11.2 Å². The minimum absolute atomic E-state index is 0.0194. The van der Waals surface area contributed by atoms with E-state index in [9.17, 15) is 4.79 Å². The van der Waals surface area contributed by atoms with Crippen molar-refractivity contribution in [2.75, 3.05) is 0 Å². The van der Waals surface area contributed by atoms with Gasteiger partial charge in [-0.3, -0.25) is 4.79 Å². The second kappa shape index (κ2) is 7.71. The van der Waals surface area contributed by atoms with Gasteiger partial charge < -0.3 is 5.32 Å². The second-order valence-corrected chi connectivity index (χ2v) is 8.13. The predicted octanol–water partition coefficient (Wildman–Crippen LogP) is 2.64. The number of carbonyl (C=O) groups excluding carboxylic acids is 1. The van der Waals surface area contributed by atoms with E-state index < -0.39 is 0 Å². The Morgan fingerprint density at radius 1 is 1.30 bits per heavy atom. The van der Waals surface area contributed by atoms with Crippen molar-refractivity contribution in [1.29, 1.82) is 0 Å². The largest absolute Gasteiger partial charge is 0.350 e. The molecule has 3 rings (SSSR count). The molecule has 0 saturated carbocycles. The van der Waals surface area contributed by atoms with Gasteiger partial charge in [-0.1, -0.05) is 23.9 Å². The molecule has 0 spiro atoms. The van der Waals surface area contributed by atoms with Gasteiger partial charge in [0, 0.05) is 9.75 Å². The SMILES string of the molecule is CC(Sc1nnnn1Cc1cccs1)C(=O)NCc1cccs1. The first kappa shape index (κ1) is 16.2. The highest BCUT2D eigenvalue weighted by molar-refractivity contribution is 8.00. The van der Waals surface area contributed by atoms with Crippen LogP contribution in [0.4, 0.5) is 0 Å². The van der Waals surface area contributed by atoms with Crippen LogP contribution in [0.3, 0.4) is 0 Å². The fourth-order valence-electron chi connectivity index (χ4n) is 1.87. The van der Waals surface area contributed by atoms with Crippen molar-refractivity contribution in [3.05, 3.63) is 44.8 Å². The lowest BCUT2D eigenvalue weighted by Gasteiger charge is -2.11. The van der Waals surface area contributed by atoms with Crippen LogP contribution in [0, 0.1) is 0 Å². The first-order valence-electron chi connectivity index (χ1n) is 6.97. The number of carbonyl (C=O) groups is 1. The third kappa shape index (κ3) is 4.40. The van der Waals surface area contributed by atoms with Gasteiger partial charge in [-0.2, -0.15) is 0 Å². The minimum Gasteiger partial charge on any atom is -0.350 e. The highest BCUT2D eigenvalue weighted by atomic mass is 32.2. The molecule has 1 unspecified atom stereocenters. The van der Waals surface area contributed by atoms with Crippen molar-refractivity contribution in [1.82, 2.24) is 25.5 Å². The first-order chi connectivity index (χ1) is 11.2. The van der Waals surface area contributed by atoms with Crippen LogP contribution in [0.1, 0.15) is 16.7 Å². The molecule has 3 aromatic heterocycles. The zero-order chi connectivity index (χ0) is 16.1. The molecule has 0 radical (unpaired) electrons. The summed E-state index contributed by atoms with van der Waals surface area (Å²) in [6.07, 6.45) is 0. The number of amides is 1. The molecule has 0 aromatic carbocycles. The summed E-state index contributed by atoms with van der Waals surface area (Å²) in [4.78, 5) is 14.5. The molecule has 23 heavy (non-hydrogen) atoms. The summed E-state index contributed by atoms with van der Waals surface area (Å²) in [5, 5.41) is 19.1. The van der Waals surface area contributed by atoms with Crippen LogP contribution in [0.25, 0.3) is 0 Å². The lowest BCUT2D eigenvalue weighted by Crippen LogP contribution is -2.30. The Morgan fingerprint density at radius 2 is 2.04 bits per heavy atom. The Kier molecular flexibility index (Phi) is 5.42. The summed E-state index contributed by atoms with van der Waals surface area (Å²) >= 11 is 4.65. The van der Waals surface area contributed by atoms with E-state index in [1.54, 1.807) is 27.4 Å². The molecule has 120 valence electrons. The van der Waals surface area contributed by atoms with Gasteiger partial charge in [-0.05, 0) is 40.2 Å². The van der Waals surface area contributed by atoms with Gasteiger partial charge in [0.15, 0.2) is 0 Å². The van der Waals surface area contributed by atoms with Gasteiger partial charge in [0.1, 0.15) is 0 Å².